The summed E-state index contributed by atoms with van der Waals surface area (Å²) in [5.41, 5.74) is 1.21. The predicted octanol–water partition coefficient (Wildman–Crippen LogP) is 1.74. The van der Waals surface area contributed by atoms with Crippen LogP contribution in [0.4, 0.5) is 0 Å². The van der Waals surface area contributed by atoms with Crippen molar-refractivity contribution >= 4 is 22.5 Å². The highest BCUT2D eigenvalue weighted by molar-refractivity contribution is 6.33. The smallest absolute Gasteiger partial charge is 0.330 e. The zero-order valence-electron chi connectivity index (χ0n) is 13.5. The number of aliphatic hydroxyl groups is 1. The lowest BCUT2D eigenvalue weighted by atomic mass is 10.1. The highest BCUT2D eigenvalue weighted by atomic mass is 35.5. The van der Waals surface area contributed by atoms with Crippen molar-refractivity contribution in [2.75, 3.05) is 6.61 Å². The van der Waals surface area contributed by atoms with Crippen LogP contribution < -0.4 is 11.2 Å². The molecule has 1 aromatic carbocycles. The number of aryl methyl sites for hydroxylation is 2. The number of halogens is 1. The highest BCUT2D eigenvalue weighted by Crippen LogP contribution is 2.33. The van der Waals surface area contributed by atoms with E-state index in [0.717, 1.165) is 10.1 Å². The van der Waals surface area contributed by atoms with Crippen molar-refractivity contribution in [2.45, 2.75) is 13.0 Å². The normalized spacial score (nSPS) is 11.3. The van der Waals surface area contributed by atoms with Gasteiger partial charge in [0.05, 0.1) is 16.6 Å². The molecule has 1 N–H and O–H groups in total. The van der Waals surface area contributed by atoms with Crippen LogP contribution in [0, 0.1) is 0 Å². The molecule has 0 spiro atoms. The average molecular weight is 348 g/mol. The molecule has 2 aromatic heterocycles. The monoisotopic (exact) mass is 347 g/mol. The first kappa shape index (κ1) is 16.5. The van der Waals surface area contributed by atoms with E-state index in [-0.39, 0.29) is 17.9 Å². The quantitative estimate of drug-likeness (QED) is 0.781. The fraction of sp³-hybridized carbons (Fsp3) is 0.294. The van der Waals surface area contributed by atoms with Crippen LogP contribution in [0.3, 0.4) is 0 Å². The lowest BCUT2D eigenvalue weighted by Crippen LogP contribution is -2.36. The molecule has 126 valence electrons. The summed E-state index contributed by atoms with van der Waals surface area (Å²) in [7, 11) is 3.10. The second kappa shape index (κ2) is 6.30. The van der Waals surface area contributed by atoms with Gasteiger partial charge in [-0.05, 0) is 12.5 Å². The van der Waals surface area contributed by atoms with Crippen molar-refractivity contribution in [3.05, 3.63) is 56.3 Å². The van der Waals surface area contributed by atoms with E-state index in [4.69, 9.17) is 16.7 Å². The predicted molar refractivity (Wildman–Crippen MR) is 94.6 cm³/mol. The maximum atomic E-state index is 12.7. The number of nitrogens with zero attached hydrogens (tertiary/aromatic N) is 3. The molecule has 3 aromatic rings. The van der Waals surface area contributed by atoms with Gasteiger partial charge in [0, 0.05) is 44.0 Å². The average Bonchev–Trinajstić information content (AvgIpc) is 2.96. The molecule has 24 heavy (non-hydrogen) atoms. The Morgan fingerprint density at radius 1 is 1.12 bits per heavy atom. The number of hydrogen-bond acceptors (Lipinski definition) is 3. The number of aromatic nitrogens is 3. The molecular formula is C17H18ClN3O3. The van der Waals surface area contributed by atoms with E-state index in [2.05, 4.69) is 0 Å². The summed E-state index contributed by atoms with van der Waals surface area (Å²) < 4.78 is 4.43. The summed E-state index contributed by atoms with van der Waals surface area (Å²) >= 11 is 6.35. The van der Waals surface area contributed by atoms with Crippen molar-refractivity contribution in [3.8, 4) is 11.3 Å². The van der Waals surface area contributed by atoms with Gasteiger partial charge in [0.25, 0.3) is 5.56 Å². The molecule has 0 atom stereocenters. The van der Waals surface area contributed by atoms with Gasteiger partial charge < -0.3 is 9.67 Å². The van der Waals surface area contributed by atoms with Crippen molar-refractivity contribution in [2.24, 2.45) is 14.1 Å². The summed E-state index contributed by atoms with van der Waals surface area (Å²) in [6.45, 7) is 0.552. The molecule has 0 saturated heterocycles. The Balaban J connectivity index is 2.47. The Kier molecular flexibility index (Phi) is 4.34. The molecule has 0 fully saturated rings. The molecule has 0 aliphatic rings. The topological polar surface area (TPSA) is 69.2 Å². The largest absolute Gasteiger partial charge is 0.396 e. The van der Waals surface area contributed by atoms with Crippen LogP contribution in [-0.2, 0) is 20.6 Å². The van der Waals surface area contributed by atoms with E-state index in [1.165, 1.54) is 11.6 Å². The fourth-order valence-corrected chi connectivity index (χ4v) is 3.17. The number of hydrogen-bond donors (Lipinski definition) is 1. The molecule has 0 bridgehead atoms. The SMILES string of the molecule is Cn1c(=O)c2c(-c3ccccc3Cl)n(CCCO)cc2n(C)c1=O. The maximum Gasteiger partial charge on any atom is 0.330 e. The van der Waals surface area contributed by atoms with E-state index in [0.29, 0.717) is 34.6 Å². The van der Waals surface area contributed by atoms with Gasteiger partial charge >= 0.3 is 5.69 Å². The Morgan fingerprint density at radius 2 is 1.83 bits per heavy atom. The van der Waals surface area contributed by atoms with Gasteiger partial charge in [0.2, 0.25) is 0 Å². The summed E-state index contributed by atoms with van der Waals surface area (Å²) in [6, 6.07) is 7.28. The number of aliphatic hydroxyl groups excluding tert-OH is 1. The first-order valence-electron chi connectivity index (χ1n) is 7.62. The van der Waals surface area contributed by atoms with Crippen LogP contribution in [0.5, 0.6) is 0 Å². The summed E-state index contributed by atoms with van der Waals surface area (Å²) in [4.78, 5) is 24.9. The minimum absolute atomic E-state index is 0.0351. The molecule has 0 radical (unpaired) electrons. The van der Waals surface area contributed by atoms with Gasteiger partial charge in [-0.2, -0.15) is 0 Å². The van der Waals surface area contributed by atoms with Crippen LogP contribution in [0.1, 0.15) is 6.42 Å². The van der Waals surface area contributed by atoms with E-state index in [1.54, 1.807) is 19.3 Å². The lowest BCUT2D eigenvalue weighted by Gasteiger charge is -2.10. The molecule has 3 rings (SSSR count). The van der Waals surface area contributed by atoms with Crippen molar-refractivity contribution < 1.29 is 5.11 Å². The van der Waals surface area contributed by atoms with E-state index in [1.807, 2.05) is 22.8 Å². The van der Waals surface area contributed by atoms with Crippen molar-refractivity contribution in [3.63, 3.8) is 0 Å². The Labute approximate surface area is 143 Å². The minimum Gasteiger partial charge on any atom is -0.396 e. The summed E-state index contributed by atoms with van der Waals surface area (Å²) in [6.07, 6.45) is 2.30. The third-order valence-corrected chi connectivity index (χ3v) is 4.53. The molecular weight excluding hydrogens is 330 g/mol. The van der Waals surface area contributed by atoms with Gasteiger partial charge in [0.1, 0.15) is 0 Å². The molecule has 2 heterocycles. The standard InChI is InChI=1S/C17H18ClN3O3/c1-19-13-10-21(8-5-9-22)15(11-6-3-4-7-12(11)18)14(13)16(23)20(2)17(19)24/h3-4,6-7,10,22H,5,8-9H2,1-2H3. The van der Waals surface area contributed by atoms with Crippen LogP contribution in [0.25, 0.3) is 22.2 Å². The summed E-state index contributed by atoms with van der Waals surface area (Å²) in [5.74, 6) is 0. The van der Waals surface area contributed by atoms with Crippen molar-refractivity contribution in [1.82, 2.24) is 13.7 Å². The first-order chi connectivity index (χ1) is 11.5. The number of fused-ring (bicyclic) bond motifs is 1. The molecule has 0 amide bonds. The van der Waals surface area contributed by atoms with Gasteiger partial charge in [0.15, 0.2) is 0 Å². The molecule has 0 saturated carbocycles. The van der Waals surface area contributed by atoms with E-state index in [9.17, 15) is 9.59 Å². The van der Waals surface area contributed by atoms with Crippen LogP contribution >= 0.6 is 11.6 Å². The number of rotatable bonds is 4. The van der Waals surface area contributed by atoms with Gasteiger partial charge in [-0.1, -0.05) is 29.8 Å². The molecule has 0 unspecified atom stereocenters. The van der Waals surface area contributed by atoms with Gasteiger partial charge in [-0.25, -0.2) is 4.79 Å². The molecule has 6 nitrogen and oxygen atoms in total. The third-order valence-electron chi connectivity index (χ3n) is 4.20. The maximum absolute atomic E-state index is 12.7. The first-order valence-corrected chi connectivity index (χ1v) is 7.99. The Bertz CT molecular complexity index is 1030. The second-order valence-corrected chi connectivity index (χ2v) is 6.10. The van der Waals surface area contributed by atoms with E-state index >= 15 is 0 Å². The fourth-order valence-electron chi connectivity index (χ4n) is 2.95. The van der Waals surface area contributed by atoms with E-state index < -0.39 is 0 Å². The summed E-state index contributed by atoms with van der Waals surface area (Å²) in [5, 5.41) is 10.1. The Morgan fingerprint density at radius 3 is 2.50 bits per heavy atom. The van der Waals surface area contributed by atoms with Crippen LogP contribution in [0.15, 0.2) is 40.1 Å². The van der Waals surface area contributed by atoms with Gasteiger partial charge in [-0.3, -0.25) is 13.9 Å². The highest BCUT2D eigenvalue weighted by Gasteiger charge is 2.20. The Hall–Kier alpha value is -2.31. The number of benzene rings is 1. The zero-order chi connectivity index (χ0) is 17.4. The lowest BCUT2D eigenvalue weighted by molar-refractivity contribution is 0.280. The van der Waals surface area contributed by atoms with Gasteiger partial charge in [-0.15, -0.1) is 0 Å². The van der Waals surface area contributed by atoms with Crippen LogP contribution in [-0.4, -0.2) is 25.4 Å². The third kappa shape index (κ3) is 2.48. The molecule has 7 heteroatoms. The van der Waals surface area contributed by atoms with Crippen molar-refractivity contribution in [1.29, 1.82) is 0 Å². The second-order valence-electron chi connectivity index (χ2n) is 5.69. The zero-order valence-corrected chi connectivity index (χ0v) is 14.2. The van der Waals surface area contributed by atoms with Crippen LogP contribution in [0.2, 0.25) is 5.02 Å². The molecule has 0 aliphatic carbocycles. The molecule has 0 aliphatic heterocycles. The minimum atomic E-state index is -0.377.